The van der Waals surface area contributed by atoms with Gasteiger partial charge in [0.25, 0.3) is 0 Å². The monoisotopic (exact) mass is 533 g/mol. The fourth-order valence-electron chi connectivity index (χ4n) is 5.35. The van der Waals surface area contributed by atoms with Crippen molar-refractivity contribution < 1.29 is 34.1 Å². The van der Waals surface area contributed by atoms with Gasteiger partial charge in [0, 0.05) is 19.5 Å². The van der Waals surface area contributed by atoms with E-state index in [0.29, 0.717) is 38.0 Å². The Morgan fingerprint density at radius 1 is 1.11 bits per heavy atom. The number of nitrogens with zero attached hydrogens (tertiary/aromatic N) is 2. The van der Waals surface area contributed by atoms with Crippen molar-refractivity contribution in [3.05, 3.63) is 29.8 Å². The highest BCUT2D eigenvalue weighted by Crippen LogP contribution is 2.36. The fraction of sp³-hybridized carbons (Fsp3) is 0.615. The van der Waals surface area contributed by atoms with Crippen LogP contribution >= 0.6 is 0 Å². The van der Waals surface area contributed by atoms with E-state index in [-0.39, 0.29) is 13.0 Å². The number of amides is 4. The summed E-state index contributed by atoms with van der Waals surface area (Å²) >= 11 is 0. The number of nitrogens with one attached hydrogen (secondary N) is 1. The molecule has 12 heteroatoms. The highest BCUT2D eigenvalue weighted by molar-refractivity contribution is 5.98. The molecule has 1 aromatic carbocycles. The lowest BCUT2D eigenvalue weighted by Crippen LogP contribution is -2.65. The number of ether oxygens (including phenoxy) is 1. The Balaban J connectivity index is 1.98. The Hall–Kier alpha value is -3.22. The van der Waals surface area contributed by atoms with E-state index < -0.39 is 59.5 Å². The molecule has 0 aromatic heterocycles. The number of hydrogen-bond donors (Lipinski definition) is 5. The summed E-state index contributed by atoms with van der Waals surface area (Å²) in [4.78, 5) is 55.7. The number of carbonyl (C=O) groups is 4. The summed E-state index contributed by atoms with van der Waals surface area (Å²) in [6, 6.07) is 3.73. The van der Waals surface area contributed by atoms with Crippen LogP contribution in [0, 0.1) is 0 Å². The Morgan fingerprint density at radius 2 is 1.76 bits per heavy atom. The topological polar surface area (TPSA) is 189 Å². The molecule has 1 aromatic rings. The van der Waals surface area contributed by atoms with Gasteiger partial charge in [-0.3, -0.25) is 19.2 Å². The van der Waals surface area contributed by atoms with E-state index in [1.165, 1.54) is 23.6 Å². The number of aliphatic hydroxyl groups is 2. The molecule has 2 saturated heterocycles. The average molecular weight is 534 g/mol. The maximum atomic E-state index is 14.0. The van der Waals surface area contributed by atoms with Crippen LogP contribution in [-0.4, -0.2) is 99.7 Å². The molecule has 0 aliphatic carbocycles. The van der Waals surface area contributed by atoms with Crippen molar-refractivity contribution in [3.8, 4) is 5.75 Å². The van der Waals surface area contributed by atoms with Crippen LogP contribution in [0.15, 0.2) is 24.3 Å². The van der Waals surface area contributed by atoms with Crippen molar-refractivity contribution in [3.63, 3.8) is 0 Å². The Kier molecular flexibility index (Phi) is 9.34. The summed E-state index contributed by atoms with van der Waals surface area (Å²) in [6.07, 6.45) is -0.415. The number of primary amides is 1. The molecule has 0 spiro atoms. The molecular formula is C26H39N5O7. The van der Waals surface area contributed by atoms with Crippen molar-refractivity contribution in [2.45, 2.75) is 81.8 Å². The number of rotatable bonds is 10. The number of hydrogen-bond acceptors (Lipinski definition) is 8. The molecule has 0 radical (unpaired) electrons. The largest absolute Gasteiger partial charge is 0.497 e. The second-order valence-corrected chi connectivity index (χ2v) is 10.2. The number of aliphatic hydroxyl groups excluding tert-OH is 2. The van der Waals surface area contributed by atoms with Crippen LogP contribution < -0.4 is 21.5 Å². The van der Waals surface area contributed by atoms with Crippen molar-refractivity contribution in [2.24, 2.45) is 11.5 Å². The zero-order chi connectivity index (χ0) is 28.2. The minimum atomic E-state index is -1.39. The standard InChI is InChI=1S/C26H39N5O7/c1-15(32)20(27)24(36)30-12-4-6-19(30)23(35)31-13-5-11-26(31,14-17-7-9-18(38-3)10-8-17)25(37)29-21(16(2)33)22(28)34/h7-10,15-16,19-21,32-33H,4-6,11-14,27H2,1-3H3,(H2,28,34)(H,29,37)/t15-,16-,19+,20?,21?,26?/m1/s1. The molecule has 12 nitrogen and oxygen atoms in total. The van der Waals surface area contributed by atoms with Gasteiger partial charge in [-0.05, 0) is 57.2 Å². The number of likely N-dealkylation sites (tertiary alicyclic amines) is 2. The van der Waals surface area contributed by atoms with Crippen molar-refractivity contribution in [2.75, 3.05) is 20.2 Å². The molecule has 7 N–H and O–H groups in total. The van der Waals surface area contributed by atoms with Gasteiger partial charge in [0.05, 0.1) is 19.3 Å². The molecule has 210 valence electrons. The van der Waals surface area contributed by atoms with Crippen LogP contribution in [0.3, 0.4) is 0 Å². The molecule has 0 bridgehead atoms. The van der Waals surface area contributed by atoms with Crippen LogP contribution in [0.25, 0.3) is 0 Å². The summed E-state index contributed by atoms with van der Waals surface area (Å²) in [5.41, 5.74) is 10.7. The zero-order valence-electron chi connectivity index (χ0n) is 22.1. The molecule has 2 aliphatic rings. The van der Waals surface area contributed by atoms with Crippen LogP contribution in [-0.2, 0) is 25.6 Å². The molecule has 2 fully saturated rings. The normalized spacial score (nSPS) is 24.4. The Morgan fingerprint density at radius 3 is 2.32 bits per heavy atom. The Labute approximate surface area is 222 Å². The zero-order valence-corrected chi connectivity index (χ0v) is 22.1. The van der Waals surface area contributed by atoms with E-state index in [2.05, 4.69) is 5.32 Å². The van der Waals surface area contributed by atoms with Gasteiger partial charge in [-0.1, -0.05) is 12.1 Å². The molecule has 3 rings (SSSR count). The van der Waals surface area contributed by atoms with Crippen molar-refractivity contribution in [1.29, 1.82) is 0 Å². The number of benzene rings is 1. The maximum absolute atomic E-state index is 14.0. The average Bonchev–Trinajstić information content (AvgIpc) is 3.54. The summed E-state index contributed by atoms with van der Waals surface area (Å²) < 4.78 is 5.23. The van der Waals surface area contributed by atoms with Gasteiger partial charge in [-0.25, -0.2) is 0 Å². The lowest BCUT2D eigenvalue weighted by atomic mass is 9.86. The maximum Gasteiger partial charge on any atom is 0.247 e. The summed E-state index contributed by atoms with van der Waals surface area (Å²) in [6.45, 7) is 3.33. The number of carbonyl (C=O) groups excluding carboxylic acids is 4. The third kappa shape index (κ3) is 5.92. The Bertz CT molecular complexity index is 1030. The van der Waals surface area contributed by atoms with E-state index in [1.54, 1.807) is 31.4 Å². The van der Waals surface area contributed by atoms with Gasteiger partial charge in [0.2, 0.25) is 23.6 Å². The molecule has 2 heterocycles. The lowest BCUT2D eigenvalue weighted by Gasteiger charge is -2.41. The number of methoxy groups -OCH3 is 1. The van der Waals surface area contributed by atoms with E-state index in [4.69, 9.17) is 16.2 Å². The number of nitrogens with two attached hydrogens (primary N) is 2. The first kappa shape index (κ1) is 29.3. The van der Waals surface area contributed by atoms with Crippen LogP contribution in [0.4, 0.5) is 0 Å². The first-order chi connectivity index (χ1) is 17.9. The van der Waals surface area contributed by atoms with Gasteiger partial charge in [0.1, 0.15) is 29.4 Å². The minimum absolute atomic E-state index is 0.133. The molecular weight excluding hydrogens is 494 g/mol. The SMILES string of the molecule is COc1ccc(CC2(C(=O)NC(C(N)=O)[C@@H](C)O)CCCN2C(=O)[C@@H]2CCCN2C(=O)C(N)[C@@H](C)O)cc1. The first-order valence-electron chi connectivity index (χ1n) is 12.9. The van der Waals surface area contributed by atoms with Gasteiger partial charge in [0.15, 0.2) is 0 Å². The van der Waals surface area contributed by atoms with Crippen molar-refractivity contribution >= 4 is 23.6 Å². The van der Waals surface area contributed by atoms with E-state index in [0.717, 1.165) is 5.56 Å². The van der Waals surface area contributed by atoms with E-state index in [1.807, 2.05) is 0 Å². The van der Waals surface area contributed by atoms with Gasteiger partial charge >= 0.3 is 0 Å². The fourth-order valence-corrected chi connectivity index (χ4v) is 5.35. The summed E-state index contributed by atoms with van der Waals surface area (Å²) in [5, 5.41) is 22.5. The predicted molar refractivity (Wildman–Crippen MR) is 138 cm³/mol. The molecule has 2 aliphatic heterocycles. The second kappa shape index (κ2) is 12.1. The first-order valence-corrected chi connectivity index (χ1v) is 12.9. The lowest BCUT2D eigenvalue weighted by molar-refractivity contribution is -0.152. The van der Waals surface area contributed by atoms with Crippen LogP contribution in [0.1, 0.15) is 45.1 Å². The molecule has 6 atom stereocenters. The van der Waals surface area contributed by atoms with E-state index >= 15 is 0 Å². The summed E-state index contributed by atoms with van der Waals surface area (Å²) in [7, 11) is 1.54. The summed E-state index contributed by atoms with van der Waals surface area (Å²) in [5.74, 6) is -1.81. The second-order valence-electron chi connectivity index (χ2n) is 10.2. The molecule has 3 unspecified atom stereocenters. The minimum Gasteiger partial charge on any atom is -0.497 e. The van der Waals surface area contributed by atoms with Gasteiger partial charge in [-0.2, -0.15) is 0 Å². The molecule has 38 heavy (non-hydrogen) atoms. The highest BCUT2D eigenvalue weighted by Gasteiger charge is 2.53. The third-order valence-electron chi connectivity index (χ3n) is 7.53. The van der Waals surface area contributed by atoms with E-state index in [9.17, 15) is 29.4 Å². The molecule has 0 saturated carbocycles. The molecule has 4 amide bonds. The van der Waals surface area contributed by atoms with Crippen LogP contribution in [0.2, 0.25) is 0 Å². The highest BCUT2D eigenvalue weighted by atomic mass is 16.5. The predicted octanol–water partition coefficient (Wildman–Crippen LogP) is -1.35. The third-order valence-corrected chi connectivity index (χ3v) is 7.53. The quantitative estimate of drug-likeness (QED) is 0.244. The van der Waals surface area contributed by atoms with Crippen molar-refractivity contribution in [1.82, 2.24) is 15.1 Å². The van der Waals surface area contributed by atoms with Gasteiger partial charge in [-0.15, -0.1) is 0 Å². The van der Waals surface area contributed by atoms with Crippen LogP contribution in [0.5, 0.6) is 5.75 Å². The smallest absolute Gasteiger partial charge is 0.247 e. The van der Waals surface area contributed by atoms with Gasteiger partial charge < -0.3 is 41.5 Å².